The molecule has 1 aliphatic rings. The number of H-pyrrole nitrogens is 1. The number of anilines is 2. The molecule has 3 N–H and O–H groups in total. The molecular formula is C15H24N6. The molecule has 0 bridgehead atoms. The molecule has 6 heteroatoms. The molecule has 114 valence electrons. The zero-order chi connectivity index (χ0) is 14.5. The lowest BCUT2D eigenvalue weighted by Crippen LogP contribution is -2.10. The second-order valence-corrected chi connectivity index (χ2v) is 5.82. The largest absolute Gasteiger partial charge is 0.369 e. The predicted molar refractivity (Wildman–Crippen MR) is 85.5 cm³/mol. The van der Waals surface area contributed by atoms with E-state index >= 15 is 0 Å². The van der Waals surface area contributed by atoms with Crippen molar-refractivity contribution in [1.82, 2.24) is 20.2 Å². The molecule has 3 rings (SSSR count). The van der Waals surface area contributed by atoms with Gasteiger partial charge in [0.05, 0.1) is 11.6 Å². The fourth-order valence-corrected chi connectivity index (χ4v) is 2.98. The van der Waals surface area contributed by atoms with E-state index < -0.39 is 0 Å². The van der Waals surface area contributed by atoms with E-state index in [-0.39, 0.29) is 0 Å². The summed E-state index contributed by atoms with van der Waals surface area (Å²) in [6.45, 7) is 3.97. The summed E-state index contributed by atoms with van der Waals surface area (Å²) in [6, 6.07) is 0. The molecule has 0 radical (unpaired) electrons. The van der Waals surface area contributed by atoms with E-state index in [9.17, 15) is 0 Å². The maximum atomic E-state index is 4.58. The highest BCUT2D eigenvalue weighted by molar-refractivity contribution is 5.86. The molecule has 1 aliphatic carbocycles. The Balaban J connectivity index is 1.68. The van der Waals surface area contributed by atoms with Crippen molar-refractivity contribution < 1.29 is 0 Å². The van der Waals surface area contributed by atoms with Crippen molar-refractivity contribution in [3.63, 3.8) is 0 Å². The summed E-state index contributed by atoms with van der Waals surface area (Å²) in [6.07, 6.45) is 9.63. The lowest BCUT2D eigenvalue weighted by Gasteiger charge is -2.12. The third kappa shape index (κ3) is 3.43. The Morgan fingerprint density at radius 1 is 1.19 bits per heavy atom. The summed E-state index contributed by atoms with van der Waals surface area (Å²) in [4.78, 5) is 9.02. The first-order chi connectivity index (χ1) is 10.4. The Kier molecular flexibility index (Phi) is 4.52. The van der Waals surface area contributed by atoms with Crippen molar-refractivity contribution in [2.75, 3.05) is 23.7 Å². The van der Waals surface area contributed by atoms with Crippen LogP contribution in [0.4, 0.5) is 11.8 Å². The van der Waals surface area contributed by atoms with Gasteiger partial charge in [-0.1, -0.05) is 32.6 Å². The third-order valence-corrected chi connectivity index (χ3v) is 4.16. The number of nitrogens with zero attached hydrogens (tertiary/aromatic N) is 3. The van der Waals surface area contributed by atoms with E-state index in [1.807, 2.05) is 0 Å². The van der Waals surface area contributed by atoms with Gasteiger partial charge < -0.3 is 10.6 Å². The molecule has 6 nitrogen and oxygen atoms in total. The van der Waals surface area contributed by atoms with Crippen LogP contribution in [-0.4, -0.2) is 33.3 Å². The van der Waals surface area contributed by atoms with Crippen LogP contribution in [0.25, 0.3) is 11.0 Å². The fourth-order valence-electron chi connectivity index (χ4n) is 2.98. The topological polar surface area (TPSA) is 78.5 Å². The Morgan fingerprint density at radius 3 is 2.86 bits per heavy atom. The van der Waals surface area contributed by atoms with Gasteiger partial charge in [0, 0.05) is 13.1 Å². The van der Waals surface area contributed by atoms with Crippen LogP contribution in [0, 0.1) is 5.92 Å². The van der Waals surface area contributed by atoms with E-state index in [1.165, 1.54) is 32.1 Å². The highest BCUT2D eigenvalue weighted by Gasteiger charge is 2.15. The van der Waals surface area contributed by atoms with Crippen LogP contribution in [0.1, 0.15) is 45.4 Å². The highest BCUT2D eigenvalue weighted by Crippen LogP contribution is 2.27. The van der Waals surface area contributed by atoms with Crippen molar-refractivity contribution >= 4 is 22.8 Å². The number of rotatable bonds is 7. The average molecular weight is 288 g/mol. The SMILES string of the molecule is CCCNc1nc(NCCC2CCCC2)c2cn[nH]c2n1. The van der Waals surface area contributed by atoms with Gasteiger partial charge in [0.1, 0.15) is 5.82 Å². The van der Waals surface area contributed by atoms with Gasteiger partial charge in [-0.05, 0) is 18.8 Å². The number of aromatic nitrogens is 4. The van der Waals surface area contributed by atoms with E-state index in [2.05, 4.69) is 37.7 Å². The van der Waals surface area contributed by atoms with E-state index in [0.29, 0.717) is 5.95 Å². The maximum absolute atomic E-state index is 4.58. The van der Waals surface area contributed by atoms with Crippen LogP contribution in [0.2, 0.25) is 0 Å². The smallest absolute Gasteiger partial charge is 0.226 e. The molecule has 2 heterocycles. The molecule has 0 aliphatic heterocycles. The first-order valence-electron chi connectivity index (χ1n) is 8.05. The Labute approximate surface area is 125 Å². The minimum Gasteiger partial charge on any atom is -0.369 e. The van der Waals surface area contributed by atoms with Gasteiger partial charge in [-0.2, -0.15) is 15.1 Å². The summed E-state index contributed by atoms with van der Waals surface area (Å²) < 4.78 is 0. The molecule has 0 unspecified atom stereocenters. The molecule has 1 fully saturated rings. The minimum atomic E-state index is 0.664. The second kappa shape index (κ2) is 6.74. The molecule has 0 amide bonds. The molecule has 0 spiro atoms. The first kappa shape index (κ1) is 14.1. The van der Waals surface area contributed by atoms with E-state index in [4.69, 9.17) is 0 Å². The van der Waals surface area contributed by atoms with Crippen molar-refractivity contribution in [2.45, 2.75) is 45.4 Å². The summed E-state index contributed by atoms with van der Waals surface area (Å²) in [5.74, 6) is 2.43. The summed E-state index contributed by atoms with van der Waals surface area (Å²) in [5.41, 5.74) is 0.784. The molecule has 0 aromatic carbocycles. The Hall–Kier alpha value is -1.85. The highest BCUT2D eigenvalue weighted by atomic mass is 15.2. The number of hydrogen-bond donors (Lipinski definition) is 3. The van der Waals surface area contributed by atoms with Crippen LogP contribution >= 0.6 is 0 Å². The Morgan fingerprint density at radius 2 is 2.05 bits per heavy atom. The second-order valence-electron chi connectivity index (χ2n) is 5.82. The number of hydrogen-bond acceptors (Lipinski definition) is 5. The number of nitrogens with one attached hydrogen (secondary N) is 3. The molecule has 2 aromatic rings. The monoisotopic (exact) mass is 288 g/mol. The maximum Gasteiger partial charge on any atom is 0.226 e. The van der Waals surface area contributed by atoms with Gasteiger partial charge in [-0.3, -0.25) is 5.10 Å². The zero-order valence-corrected chi connectivity index (χ0v) is 12.7. The van der Waals surface area contributed by atoms with Crippen molar-refractivity contribution in [3.05, 3.63) is 6.20 Å². The standard InChI is InChI=1S/C15H24N6/c1-2-8-17-15-19-13(12-10-18-21-14(12)20-15)16-9-7-11-5-3-4-6-11/h10-11H,2-9H2,1H3,(H3,16,17,18,19,20,21). The van der Waals surface area contributed by atoms with Gasteiger partial charge >= 0.3 is 0 Å². The van der Waals surface area contributed by atoms with Gasteiger partial charge in [-0.15, -0.1) is 0 Å². The Bertz CT molecular complexity index is 573. The van der Waals surface area contributed by atoms with Gasteiger partial charge in [0.2, 0.25) is 5.95 Å². The quantitative estimate of drug-likeness (QED) is 0.729. The number of aromatic amines is 1. The molecular weight excluding hydrogens is 264 g/mol. The van der Waals surface area contributed by atoms with E-state index in [0.717, 1.165) is 42.3 Å². The molecule has 0 saturated heterocycles. The van der Waals surface area contributed by atoms with Crippen molar-refractivity contribution in [2.24, 2.45) is 5.92 Å². The van der Waals surface area contributed by atoms with Gasteiger partial charge in [-0.25, -0.2) is 0 Å². The van der Waals surface area contributed by atoms with Crippen molar-refractivity contribution in [3.8, 4) is 0 Å². The van der Waals surface area contributed by atoms with Crippen molar-refractivity contribution in [1.29, 1.82) is 0 Å². The first-order valence-corrected chi connectivity index (χ1v) is 8.05. The van der Waals surface area contributed by atoms with Gasteiger partial charge in [0.25, 0.3) is 0 Å². The number of fused-ring (bicyclic) bond motifs is 1. The van der Waals surface area contributed by atoms with Crippen LogP contribution < -0.4 is 10.6 Å². The molecule has 0 atom stereocenters. The van der Waals surface area contributed by atoms with E-state index in [1.54, 1.807) is 6.20 Å². The van der Waals surface area contributed by atoms with Crippen LogP contribution in [0.3, 0.4) is 0 Å². The molecule has 21 heavy (non-hydrogen) atoms. The van der Waals surface area contributed by atoms with Crippen LogP contribution in [0.15, 0.2) is 6.20 Å². The summed E-state index contributed by atoms with van der Waals surface area (Å²) in [7, 11) is 0. The fraction of sp³-hybridized carbons (Fsp3) is 0.667. The zero-order valence-electron chi connectivity index (χ0n) is 12.7. The third-order valence-electron chi connectivity index (χ3n) is 4.16. The summed E-state index contributed by atoms with van der Waals surface area (Å²) in [5, 5.41) is 14.7. The van der Waals surface area contributed by atoms with Crippen LogP contribution in [-0.2, 0) is 0 Å². The lowest BCUT2D eigenvalue weighted by molar-refractivity contribution is 0.518. The normalized spacial score (nSPS) is 15.7. The lowest BCUT2D eigenvalue weighted by atomic mass is 10.0. The van der Waals surface area contributed by atoms with Crippen LogP contribution in [0.5, 0.6) is 0 Å². The molecule has 1 saturated carbocycles. The molecule has 2 aromatic heterocycles. The van der Waals surface area contributed by atoms with Gasteiger partial charge in [0.15, 0.2) is 5.65 Å². The summed E-state index contributed by atoms with van der Waals surface area (Å²) >= 11 is 0. The minimum absolute atomic E-state index is 0.664. The predicted octanol–water partition coefficient (Wildman–Crippen LogP) is 3.17. The average Bonchev–Trinajstić information content (AvgIpc) is 3.15.